The van der Waals surface area contributed by atoms with Gasteiger partial charge in [-0.25, -0.2) is 9.67 Å². The van der Waals surface area contributed by atoms with E-state index in [0.29, 0.717) is 37.0 Å². The molecular formula is C17H19N5O3. The number of rotatable bonds is 4. The molecule has 3 heterocycles. The fraction of sp³-hybridized carbons (Fsp3) is 0.353. The second-order valence-corrected chi connectivity index (χ2v) is 5.85. The minimum Gasteiger partial charge on any atom is -0.508 e. The van der Waals surface area contributed by atoms with Crippen LogP contribution in [0.3, 0.4) is 0 Å². The summed E-state index contributed by atoms with van der Waals surface area (Å²) < 4.78 is 7.08. The van der Waals surface area contributed by atoms with E-state index >= 15 is 0 Å². The Kier molecular flexibility index (Phi) is 4.21. The van der Waals surface area contributed by atoms with Crippen LogP contribution in [-0.2, 0) is 11.3 Å². The molecule has 4 rings (SSSR count). The van der Waals surface area contributed by atoms with Crippen molar-refractivity contribution in [1.29, 1.82) is 0 Å². The van der Waals surface area contributed by atoms with Crippen LogP contribution in [0.15, 0.2) is 30.5 Å². The van der Waals surface area contributed by atoms with E-state index in [-0.39, 0.29) is 12.4 Å². The van der Waals surface area contributed by atoms with Crippen LogP contribution in [0.4, 0.5) is 5.95 Å². The van der Waals surface area contributed by atoms with E-state index < -0.39 is 0 Å². The molecule has 2 N–H and O–H groups in total. The molecule has 1 fully saturated rings. The van der Waals surface area contributed by atoms with Gasteiger partial charge >= 0.3 is 0 Å². The monoisotopic (exact) mass is 341 g/mol. The van der Waals surface area contributed by atoms with Gasteiger partial charge < -0.3 is 19.8 Å². The Morgan fingerprint density at radius 1 is 1.16 bits per heavy atom. The molecule has 130 valence electrons. The average molecular weight is 341 g/mol. The highest BCUT2D eigenvalue weighted by molar-refractivity contribution is 5.91. The molecule has 1 aromatic carbocycles. The first kappa shape index (κ1) is 15.8. The van der Waals surface area contributed by atoms with Crippen molar-refractivity contribution in [2.24, 2.45) is 0 Å². The summed E-state index contributed by atoms with van der Waals surface area (Å²) in [5.41, 5.74) is 2.18. The smallest absolute Gasteiger partial charge is 0.228 e. The van der Waals surface area contributed by atoms with Crippen molar-refractivity contribution in [2.75, 3.05) is 37.8 Å². The first-order valence-corrected chi connectivity index (χ1v) is 8.23. The van der Waals surface area contributed by atoms with E-state index in [1.807, 2.05) is 6.07 Å². The normalized spacial score (nSPS) is 15.0. The molecular weight excluding hydrogens is 322 g/mol. The first-order chi connectivity index (χ1) is 12.3. The Labute approximate surface area is 144 Å². The van der Waals surface area contributed by atoms with E-state index in [0.717, 1.165) is 24.0 Å². The Balaban J connectivity index is 1.89. The number of aliphatic hydroxyl groups is 1. The lowest BCUT2D eigenvalue weighted by molar-refractivity contribution is 0.122. The molecule has 3 aromatic rings. The molecule has 0 unspecified atom stereocenters. The predicted molar refractivity (Wildman–Crippen MR) is 92.5 cm³/mol. The molecule has 8 heteroatoms. The summed E-state index contributed by atoms with van der Waals surface area (Å²) in [6, 6.07) is 6.98. The molecule has 0 saturated carbocycles. The quantitative estimate of drug-likeness (QED) is 0.731. The molecule has 0 radical (unpaired) electrons. The van der Waals surface area contributed by atoms with Crippen LogP contribution in [-0.4, -0.2) is 62.9 Å². The number of hydrogen-bond donors (Lipinski definition) is 2. The highest BCUT2D eigenvalue weighted by Crippen LogP contribution is 2.30. The van der Waals surface area contributed by atoms with Crippen LogP contribution in [0.25, 0.3) is 22.3 Å². The van der Waals surface area contributed by atoms with Gasteiger partial charge in [-0.2, -0.15) is 10.1 Å². The highest BCUT2D eigenvalue weighted by Gasteiger charge is 2.19. The van der Waals surface area contributed by atoms with Crippen LogP contribution in [0.1, 0.15) is 0 Å². The number of ether oxygens (including phenoxy) is 1. The molecule has 0 amide bonds. The topological polar surface area (TPSA) is 96.5 Å². The van der Waals surface area contributed by atoms with Gasteiger partial charge in [0.25, 0.3) is 0 Å². The van der Waals surface area contributed by atoms with Crippen molar-refractivity contribution in [3.05, 3.63) is 30.5 Å². The summed E-state index contributed by atoms with van der Waals surface area (Å²) in [6.07, 6.45) is 1.70. The van der Waals surface area contributed by atoms with E-state index in [1.54, 1.807) is 29.1 Å². The zero-order chi connectivity index (χ0) is 17.2. The van der Waals surface area contributed by atoms with Gasteiger partial charge in [0.15, 0.2) is 5.65 Å². The van der Waals surface area contributed by atoms with Gasteiger partial charge in [-0.1, -0.05) is 12.1 Å². The summed E-state index contributed by atoms with van der Waals surface area (Å²) in [4.78, 5) is 11.5. The van der Waals surface area contributed by atoms with Crippen molar-refractivity contribution in [2.45, 2.75) is 6.54 Å². The maximum atomic E-state index is 9.83. The van der Waals surface area contributed by atoms with Crippen molar-refractivity contribution >= 4 is 17.0 Å². The second kappa shape index (κ2) is 6.66. The molecule has 1 aliphatic rings. The Morgan fingerprint density at radius 2 is 2.00 bits per heavy atom. The van der Waals surface area contributed by atoms with Crippen molar-refractivity contribution in [3.63, 3.8) is 0 Å². The molecule has 1 saturated heterocycles. The van der Waals surface area contributed by atoms with Gasteiger partial charge in [0.2, 0.25) is 5.95 Å². The van der Waals surface area contributed by atoms with Gasteiger partial charge in [0, 0.05) is 18.7 Å². The van der Waals surface area contributed by atoms with Crippen LogP contribution in [0, 0.1) is 0 Å². The molecule has 1 aliphatic heterocycles. The number of phenols is 1. The zero-order valence-electron chi connectivity index (χ0n) is 13.7. The Bertz CT molecular complexity index is 889. The summed E-state index contributed by atoms with van der Waals surface area (Å²) in [5.74, 6) is 0.786. The number of nitrogens with zero attached hydrogens (tertiary/aromatic N) is 5. The number of benzene rings is 1. The summed E-state index contributed by atoms with van der Waals surface area (Å²) in [5, 5.41) is 24.2. The summed E-state index contributed by atoms with van der Waals surface area (Å²) in [6.45, 7) is 3.06. The molecule has 0 spiro atoms. The molecule has 0 atom stereocenters. The number of aliphatic hydroxyl groups excluding tert-OH is 1. The maximum absolute atomic E-state index is 9.83. The van der Waals surface area contributed by atoms with Crippen molar-refractivity contribution in [1.82, 2.24) is 19.7 Å². The predicted octanol–water partition coefficient (Wildman–Crippen LogP) is 1.03. The fourth-order valence-corrected chi connectivity index (χ4v) is 2.98. The number of anilines is 1. The third kappa shape index (κ3) is 3.01. The fourth-order valence-electron chi connectivity index (χ4n) is 2.98. The minimum absolute atomic E-state index is 0.0187. The second-order valence-electron chi connectivity index (χ2n) is 5.85. The van der Waals surface area contributed by atoms with Gasteiger partial charge in [-0.05, 0) is 12.1 Å². The highest BCUT2D eigenvalue weighted by atomic mass is 16.5. The van der Waals surface area contributed by atoms with Gasteiger partial charge in [-0.3, -0.25) is 0 Å². The summed E-state index contributed by atoms with van der Waals surface area (Å²) in [7, 11) is 0. The van der Waals surface area contributed by atoms with E-state index in [4.69, 9.17) is 9.72 Å². The number of fused-ring (bicyclic) bond motifs is 1. The van der Waals surface area contributed by atoms with Crippen LogP contribution in [0.2, 0.25) is 0 Å². The van der Waals surface area contributed by atoms with Gasteiger partial charge in [0.05, 0.1) is 43.6 Å². The van der Waals surface area contributed by atoms with Crippen LogP contribution in [0.5, 0.6) is 5.75 Å². The lowest BCUT2D eigenvalue weighted by Gasteiger charge is -2.27. The number of morpholine rings is 1. The van der Waals surface area contributed by atoms with Gasteiger partial charge in [-0.15, -0.1) is 0 Å². The Hall–Kier alpha value is -2.71. The third-order valence-corrected chi connectivity index (χ3v) is 4.21. The third-order valence-electron chi connectivity index (χ3n) is 4.21. The van der Waals surface area contributed by atoms with Crippen LogP contribution < -0.4 is 4.90 Å². The van der Waals surface area contributed by atoms with E-state index in [9.17, 15) is 10.2 Å². The van der Waals surface area contributed by atoms with E-state index in [1.165, 1.54) is 0 Å². The lowest BCUT2D eigenvalue weighted by Crippen LogP contribution is -2.37. The van der Waals surface area contributed by atoms with Gasteiger partial charge in [0.1, 0.15) is 5.75 Å². The van der Waals surface area contributed by atoms with Crippen LogP contribution >= 0.6 is 0 Å². The molecule has 0 bridgehead atoms. The number of aromatic hydroxyl groups is 1. The lowest BCUT2D eigenvalue weighted by atomic mass is 10.1. The maximum Gasteiger partial charge on any atom is 0.228 e. The SMILES string of the molecule is OCCn1ncc2c(-c3cccc(O)c3)nc(N3CCOCC3)nc21. The molecule has 8 nitrogen and oxygen atoms in total. The standard InChI is InChI=1S/C17H19N5O3/c23-7-4-22-16-14(11-18-22)15(12-2-1-3-13(24)10-12)19-17(20-16)21-5-8-25-9-6-21/h1-3,10-11,23-24H,4-9H2. The number of phenolic OH excluding ortho intramolecular Hbond substituents is 1. The molecule has 0 aliphatic carbocycles. The largest absolute Gasteiger partial charge is 0.508 e. The first-order valence-electron chi connectivity index (χ1n) is 8.23. The zero-order valence-corrected chi connectivity index (χ0v) is 13.7. The average Bonchev–Trinajstić information content (AvgIpc) is 3.05. The molecule has 25 heavy (non-hydrogen) atoms. The van der Waals surface area contributed by atoms with E-state index in [2.05, 4.69) is 15.0 Å². The van der Waals surface area contributed by atoms with Crippen molar-refractivity contribution in [3.8, 4) is 17.0 Å². The minimum atomic E-state index is -0.0187. The Morgan fingerprint density at radius 3 is 2.76 bits per heavy atom. The molecule has 2 aromatic heterocycles. The van der Waals surface area contributed by atoms with Crippen molar-refractivity contribution < 1.29 is 14.9 Å². The number of aromatic nitrogens is 4. The number of hydrogen-bond acceptors (Lipinski definition) is 7. The summed E-state index contributed by atoms with van der Waals surface area (Å²) >= 11 is 0.